The maximum absolute atomic E-state index is 14.0. The molecule has 1 atom stereocenters. The molecule has 0 saturated heterocycles. The van der Waals surface area contributed by atoms with Gasteiger partial charge in [-0.15, -0.1) is 0 Å². The summed E-state index contributed by atoms with van der Waals surface area (Å²) in [5.41, 5.74) is 4.20. The van der Waals surface area contributed by atoms with Crippen LogP contribution >= 0.6 is 0 Å². The van der Waals surface area contributed by atoms with E-state index in [1.165, 1.54) is 5.56 Å². The molecule has 32 heavy (non-hydrogen) atoms. The Hall–Kier alpha value is -3.47. The summed E-state index contributed by atoms with van der Waals surface area (Å²) in [4.78, 5) is 15.8. The van der Waals surface area contributed by atoms with Crippen LogP contribution in [0.1, 0.15) is 35.4 Å². The maximum Gasteiger partial charge on any atom is 0.234 e. The summed E-state index contributed by atoms with van der Waals surface area (Å²) >= 11 is 0. The fraction of sp³-hybridized carbons (Fsp3) is 0.296. The van der Waals surface area contributed by atoms with E-state index in [2.05, 4.69) is 6.07 Å². The summed E-state index contributed by atoms with van der Waals surface area (Å²) in [6.45, 7) is 0.477. The lowest BCUT2D eigenvalue weighted by Gasteiger charge is -2.31. The van der Waals surface area contributed by atoms with Gasteiger partial charge in [0, 0.05) is 5.69 Å². The van der Waals surface area contributed by atoms with Crippen LogP contribution in [0.4, 0.5) is 5.69 Å². The van der Waals surface area contributed by atoms with Crippen molar-refractivity contribution in [2.75, 3.05) is 26.2 Å². The number of hydrogen-bond acceptors (Lipinski definition) is 4. The molecule has 5 heteroatoms. The van der Waals surface area contributed by atoms with E-state index in [4.69, 9.17) is 14.2 Å². The fourth-order valence-corrected chi connectivity index (χ4v) is 4.32. The molecule has 0 fully saturated rings. The second kappa shape index (κ2) is 9.77. The molecule has 5 nitrogen and oxygen atoms in total. The first-order valence-corrected chi connectivity index (χ1v) is 10.9. The topological polar surface area (TPSA) is 48.0 Å². The second-order valence-electron chi connectivity index (χ2n) is 7.98. The van der Waals surface area contributed by atoms with E-state index in [0.717, 1.165) is 53.3 Å². The van der Waals surface area contributed by atoms with Gasteiger partial charge >= 0.3 is 0 Å². The Morgan fingerprint density at radius 3 is 2.06 bits per heavy atom. The first kappa shape index (κ1) is 21.8. The van der Waals surface area contributed by atoms with E-state index < -0.39 is 0 Å². The lowest BCUT2D eigenvalue weighted by Crippen LogP contribution is -2.36. The van der Waals surface area contributed by atoms with Crippen LogP contribution in [0, 0.1) is 0 Å². The number of rotatable bonds is 7. The van der Waals surface area contributed by atoms with E-state index >= 15 is 0 Å². The highest BCUT2D eigenvalue weighted by molar-refractivity contribution is 5.98. The molecule has 166 valence electrons. The van der Waals surface area contributed by atoms with Crippen molar-refractivity contribution >= 4 is 11.6 Å². The summed E-state index contributed by atoms with van der Waals surface area (Å²) in [6.07, 6.45) is 2.81. The molecule has 0 saturated carbocycles. The average molecular weight is 432 g/mol. The molecule has 1 unspecified atom stereocenters. The number of ether oxygens (including phenoxy) is 3. The van der Waals surface area contributed by atoms with Gasteiger partial charge in [0.05, 0.1) is 33.8 Å². The molecule has 0 radical (unpaired) electrons. The van der Waals surface area contributed by atoms with Crippen molar-refractivity contribution in [3.8, 4) is 17.2 Å². The van der Waals surface area contributed by atoms with Crippen molar-refractivity contribution in [1.29, 1.82) is 0 Å². The Balaban J connectivity index is 1.69. The molecule has 0 N–H and O–H groups in total. The van der Waals surface area contributed by atoms with Crippen LogP contribution in [0.5, 0.6) is 17.2 Å². The molecule has 1 amide bonds. The van der Waals surface area contributed by atoms with Crippen molar-refractivity contribution in [2.45, 2.75) is 31.7 Å². The second-order valence-corrected chi connectivity index (χ2v) is 7.98. The standard InChI is InChI=1S/C27H29NO4/c1-30-22-12-7-19(8-13-22)18-28(21-10-15-23(31-2)16-11-21)27(29)25-6-4-5-20-9-14-24(32-3)17-26(20)25/h7-17,25H,4-6,18H2,1-3H3. The molecule has 3 aromatic rings. The van der Waals surface area contributed by atoms with Gasteiger partial charge in [-0.3, -0.25) is 4.79 Å². The SMILES string of the molecule is COc1ccc(CN(C(=O)C2CCCc3ccc(OC)cc32)c2ccc(OC)cc2)cc1. The number of hydrogen-bond donors (Lipinski definition) is 0. The number of methoxy groups -OCH3 is 3. The van der Waals surface area contributed by atoms with Crippen molar-refractivity contribution in [1.82, 2.24) is 0 Å². The fourth-order valence-electron chi connectivity index (χ4n) is 4.32. The Morgan fingerprint density at radius 1 is 0.844 bits per heavy atom. The minimum Gasteiger partial charge on any atom is -0.497 e. The smallest absolute Gasteiger partial charge is 0.234 e. The largest absolute Gasteiger partial charge is 0.497 e. The highest BCUT2D eigenvalue weighted by atomic mass is 16.5. The number of fused-ring (bicyclic) bond motifs is 1. The molecule has 0 heterocycles. The first-order chi connectivity index (χ1) is 15.6. The lowest BCUT2D eigenvalue weighted by atomic mass is 9.81. The molecule has 3 aromatic carbocycles. The van der Waals surface area contributed by atoms with Gasteiger partial charge in [0.1, 0.15) is 17.2 Å². The minimum atomic E-state index is -0.200. The number of nitrogens with zero attached hydrogens (tertiary/aromatic N) is 1. The Kier molecular flexibility index (Phi) is 6.64. The molecule has 0 aromatic heterocycles. The zero-order chi connectivity index (χ0) is 22.5. The molecule has 4 rings (SSSR count). The van der Waals surface area contributed by atoms with Crippen LogP contribution < -0.4 is 19.1 Å². The summed E-state index contributed by atoms with van der Waals surface area (Å²) < 4.78 is 16.0. The molecular weight excluding hydrogens is 402 g/mol. The van der Waals surface area contributed by atoms with E-state index in [9.17, 15) is 4.79 Å². The van der Waals surface area contributed by atoms with Crippen LogP contribution in [0.3, 0.4) is 0 Å². The lowest BCUT2D eigenvalue weighted by molar-refractivity contribution is -0.120. The van der Waals surface area contributed by atoms with Crippen LogP contribution in [0.15, 0.2) is 66.7 Å². The van der Waals surface area contributed by atoms with Gasteiger partial charge in [0.25, 0.3) is 0 Å². The Bertz CT molecular complexity index is 1060. The molecule has 1 aliphatic carbocycles. The highest BCUT2D eigenvalue weighted by Gasteiger charge is 2.31. The molecule has 0 aliphatic heterocycles. The summed E-state index contributed by atoms with van der Waals surface area (Å²) in [5, 5.41) is 0. The molecule has 0 bridgehead atoms. The van der Waals surface area contributed by atoms with E-state index in [0.29, 0.717) is 6.54 Å². The number of carbonyl (C=O) groups is 1. The van der Waals surface area contributed by atoms with E-state index in [1.54, 1.807) is 21.3 Å². The molecule has 0 spiro atoms. The molecular formula is C27H29NO4. The van der Waals surface area contributed by atoms with Crippen molar-refractivity contribution in [3.05, 3.63) is 83.4 Å². The Morgan fingerprint density at radius 2 is 1.44 bits per heavy atom. The monoisotopic (exact) mass is 431 g/mol. The third-order valence-electron chi connectivity index (χ3n) is 6.12. The zero-order valence-electron chi connectivity index (χ0n) is 18.8. The van der Waals surface area contributed by atoms with Gasteiger partial charge < -0.3 is 19.1 Å². The third kappa shape index (κ3) is 4.57. The Labute approximate surface area is 189 Å². The van der Waals surface area contributed by atoms with Gasteiger partial charge in [0.2, 0.25) is 5.91 Å². The summed E-state index contributed by atoms with van der Waals surface area (Å²) in [6, 6.07) is 21.6. The van der Waals surface area contributed by atoms with Crippen LogP contribution in [-0.4, -0.2) is 27.2 Å². The van der Waals surface area contributed by atoms with Crippen LogP contribution in [-0.2, 0) is 17.8 Å². The van der Waals surface area contributed by atoms with Crippen molar-refractivity contribution < 1.29 is 19.0 Å². The number of aryl methyl sites for hydroxylation is 1. The van der Waals surface area contributed by atoms with Gasteiger partial charge in [-0.05, 0) is 84.5 Å². The van der Waals surface area contributed by atoms with E-state index in [-0.39, 0.29) is 11.8 Å². The van der Waals surface area contributed by atoms with E-state index in [1.807, 2.05) is 65.6 Å². The average Bonchev–Trinajstić information content (AvgIpc) is 2.86. The summed E-state index contributed by atoms with van der Waals surface area (Å²) in [7, 11) is 4.95. The molecule has 1 aliphatic rings. The maximum atomic E-state index is 14.0. The predicted octanol–water partition coefficient (Wildman–Crippen LogP) is 5.37. The van der Waals surface area contributed by atoms with Crippen LogP contribution in [0.2, 0.25) is 0 Å². The van der Waals surface area contributed by atoms with Gasteiger partial charge in [-0.25, -0.2) is 0 Å². The zero-order valence-corrected chi connectivity index (χ0v) is 18.8. The van der Waals surface area contributed by atoms with Crippen molar-refractivity contribution in [2.24, 2.45) is 0 Å². The number of benzene rings is 3. The highest BCUT2D eigenvalue weighted by Crippen LogP contribution is 2.37. The summed E-state index contributed by atoms with van der Waals surface area (Å²) in [5.74, 6) is 2.24. The minimum absolute atomic E-state index is 0.0974. The number of anilines is 1. The van der Waals surface area contributed by atoms with Crippen molar-refractivity contribution in [3.63, 3.8) is 0 Å². The van der Waals surface area contributed by atoms with Gasteiger partial charge in [-0.1, -0.05) is 18.2 Å². The van der Waals surface area contributed by atoms with Crippen LogP contribution in [0.25, 0.3) is 0 Å². The number of carbonyl (C=O) groups excluding carboxylic acids is 1. The third-order valence-corrected chi connectivity index (χ3v) is 6.12. The van der Waals surface area contributed by atoms with Gasteiger partial charge in [-0.2, -0.15) is 0 Å². The number of amides is 1. The first-order valence-electron chi connectivity index (χ1n) is 10.9. The van der Waals surface area contributed by atoms with Gasteiger partial charge in [0.15, 0.2) is 0 Å². The predicted molar refractivity (Wildman–Crippen MR) is 126 cm³/mol. The quantitative estimate of drug-likeness (QED) is 0.505. The normalized spacial score (nSPS) is 14.9.